The van der Waals surface area contributed by atoms with Crippen LogP contribution in [0.25, 0.3) is 0 Å². The lowest BCUT2D eigenvalue weighted by molar-refractivity contribution is 0.102. The largest absolute Gasteiger partial charge is 0.380 e. The zero-order chi connectivity index (χ0) is 21.4. The number of hydrogen-bond acceptors (Lipinski definition) is 5. The number of halogens is 2. The third kappa shape index (κ3) is 6.70. The number of thioether (sulfide) groups is 1. The van der Waals surface area contributed by atoms with Gasteiger partial charge in [-0.1, -0.05) is 56.3 Å². The molecule has 0 fully saturated rings. The monoisotopic (exact) mass is 589 g/mol. The summed E-state index contributed by atoms with van der Waals surface area (Å²) in [7, 11) is 1.65. The summed E-state index contributed by atoms with van der Waals surface area (Å²) in [5.74, 6) is 0.761. The highest BCUT2D eigenvalue weighted by Gasteiger charge is 2.30. The summed E-state index contributed by atoms with van der Waals surface area (Å²) >= 11 is 7.10. The Morgan fingerprint density at radius 2 is 2.00 bits per heavy atom. The minimum Gasteiger partial charge on any atom is -0.380 e. The number of hydrogen-bond donors (Lipinski definition) is 2. The SMILES string of the molecule is CI.COCc1cc(NC(=O)c2ccc(Br)cc2)cc(C2(C)CCSC(N)=N2)c1. The first-order valence-corrected chi connectivity index (χ1v) is 12.9. The first-order chi connectivity index (χ1) is 13.9. The molecule has 1 amide bonds. The zero-order valence-corrected chi connectivity index (χ0v) is 21.2. The van der Waals surface area contributed by atoms with Crippen molar-refractivity contribution < 1.29 is 9.53 Å². The van der Waals surface area contributed by atoms with E-state index in [1.54, 1.807) is 31.0 Å². The molecule has 1 aliphatic rings. The number of amides is 1. The Hall–Kier alpha value is -1.10. The number of methoxy groups -OCH3 is 1. The lowest BCUT2D eigenvalue weighted by Crippen LogP contribution is -2.29. The number of benzene rings is 2. The van der Waals surface area contributed by atoms with E-state index in [1.807, 2.05) is 29.2 Å². The maximum Gasteiger partial charge on any atom is 0.255 e. The summed E-state index contributed by atoms with van der Waals surface area (Å²) in [6.45, 7) is 2.53. The van der Waals surface area contributed by atoms with Crippen molar-refractivity contribution in [1.82, 2.24) is 0 Å². The number of nitrogens with two attached hydrogens (primary N) is 1. The molecule has 0 saturated heterocycles. The van der Waals surface area contributed by atoms with Crippen LogP contribution in [0.3, 0.4) is 0 Å². The Balaban J connectivity index is 0.00000145. The van der Waals surface area contributed by atoms with Crippen molar-refractivity contribution in [2.45, 2.75) is 25.5 Å². The molecular weight excluding hydrogens is 565 g/mol. The van der Waals surface area contributed by atoms with Crippen molar-refractivity contribution in [1.29, 1.82) is 0 Å². The van der Waals surface area contributed by atoms with Crippen LogP contribution in [0, 0.1) is 0 Å². The van der Waals surface area contributed by atoms with Crippen LogP contribution in [-0.4, -0.2) is 28.9 Å². The van der Waals surface area contributed by atoms with E-state index in [9.17, 15) is 4.79 Å². The summed E-state index contributed by atoms with van der Waals surface area (Å²) in [5.41, 5.74) is 8.88. The first kappa shape index (κ1) is 24.2. The third-order valence-electron chi connectivity index (χ3n) is 4.49. The van der Waals surface area contributed by atoms with E-state index in [0.717, 1.165) is 33.5 Å². The standard InChI is InChI=1S/C20H22BrN3O2S.CH3I/c1-20(7-8-27-19(22)24-20)15-9-13(12-26-2)10-17(11-15)23-18(25)14-3-5-16(21)6-4-14;1-2/h3-6,9-11H,7-8,12H2,1-2H3,(H2,22,24)(H,23,25);1H3. The van der Waals surface area contributed by atoms with Gasteiger partial charge >= 0.3 is 0 Å². The molecule has 1 heterocycles. The van der Waals surface area contributed by atoms with E-state index in [2.05, 4.69) is 61.8 Å². The number of anilines is 1. The van der Waals surface area contributed by atoms with Crippen molar-refractivity contribution >= 4 is 67.0 Å². The number of aliphatic imine (C=N–C) groups is 1. The quantitative estimate of drug-likeness (QED) is 0.353. The first-order valence-electron chi connectivity index (χ1n) is 8.96. The predicted molar refractivity (Wildman–Crippen MR) is 135 cm³/mol. The average molecular weight is 590 g/mol. The Bertz CT molecular complexity index is 877. The molecule has 2 aromatic carbocycles. The molecular formula is C21H25BrIN3O2S. The van der Waals surface area contributed by atoms with E-state index >= 15 is 0 Å². The van der Waals surface area contributed by atoms with Crippen LogP contribution in [0.2, 0.25) is 0 Å². The maximum atomic E-state index is 12.6. The molecule has 5 nitrogen and oxygen atoms in total. The van der Waals surface area contributed by atoms with Crippen LogP contribution in [0.4, 0.5) is 5.69 Å². The van der Waals surface area contributed by atoms with Gasteiger partial charge in [0, 0.05) is 28.6 Å². The van der Waals surface area contributed by atoms with Gasteiger partial charge in [-0.15, -0.1) is 0 Å². The van der Waals surface area contributed by atoms with Crippen LogP contribution < -0.4 is 11.1 Å². The lowest BCUT2D eigenvalue weighted by atomic mass is 9.88. The van der Waals surface area contributed by atoms with Gasteiger partial charge in [0.1, 0.15) is 0 Å². The van der Waals surface area contributed by atoms with Crippen molar-refractivity contribution in [3.05, 3.63) is 63.6 Å². The fraction of sp³-hybridized carbons (Fsp3) is 0.333. The molecule has 2 aromatic rings. The van der Waals surface area contributed by atoms with Gasteiger partial charge in [0.25, 0.3) is 5.91 Å². The van der Waals surface area contributed by atoms with Crippen molar-refractivity contribution in [3.8, 4) is 0 Å². The van der Waals surface area contributed by atoms with Gasteiger partial charge < -0.3 is 15.8 Å². The molecule has 3 N–H and O–H groups in total. The highest BCUT2D eigenvalue weighted by Crippen LogP contribution is 2.36. The number of alkyl halides is 1. The fourth-order valence-electron chi connectivity index (χ4n) is 3.02. The van der Waals surface area contributed by atoms with Crippen molar-refractivity contribution in [2.24, 2.45) is 10.7 Å². The van der Waals surface area contributed by atoms with Crippen LogP contribution in [-0.2, 0) is 16.9 Å². The maximum absolute atomic E-state index is 12.6. The van der Waals surface area contributed by atoms with Crippen molar-refractivity contribution in [2.75, 3.05) is 23.1 Å². The van der Waals surface area contributed by atoms with Gasteiger partial charge in [-0.3, -0.25) is 9.79 Å². The minimum atomic E-state index is -0.407. The molecule has 0 spiro atoms. The second-order valence-electron chi connectivity index (χ2n) is 6.63. The summed E-state index contributed by atoms with van der Waals surface area (Å²) in [4.78, 5) is 19.2. The normalized spacial score (nSPS) is 18.3. The predicted octanol–water partition coefficient (Wildman–Crippen LogP) is 5.57. The van der Waals surface area contributed by atoms with E-state index in [0.29, 0.717) is 17.3 Å². The van der Waals surface area contributed by atoms with Crippen LogP contribution in [0.15, 0.2) is 51.9 Å². The molecule has 0 aliphatic carbocycles. The Morgan fingerprint density at radius 3 is 2.62 bits per heavy atom. The van der Waals surface area contributed by atoms with Gasteiger partial charge in [0.05, 0.1) is 12.1 Å². The number of amidine groups is 1. The molecule has 1 unspecified atom stereocenters. The third-order valence-corrected chi connectivity index (χ3v) is 5.81. The van der Waals surface area contributed by atoms with Crippen LogP contribution in [0.5, 0.6) is 0 Å². The van der Waals surface area contributed by atoms with E-state index < -0.39 is 5.54 Å². The molecule has 0 aromatic heterocycles. The molecule has 156 valence electrons. The molecule has 29 heavy (non-hydrogen) atoms. The van der Waals surface area contributed by atoms with Crippen LogP contribution in [0.1, 0.15) is 34.8 Å². The summed E-state index contributed by atoms with van der Waals surface area (Å²) < 4.78 is 6.23. The second-order valence-corrected chi connectivity index (χ2v) is 8.67. The van der Waals surface area contributed by atoms with E-state index in [-0.39, 0.29) is 5.91 Å². The molecule has 8 heteroatoms. The number of carbonyl (C=O) groups is 1. The van der Waals surface area contributed by atoms with E-state index in [4.69, 9.17) is 10.5 Å². The highest BCUT2D eigenvalue weighted by molar-refractivity contribution is 14.1. The Kier molecular flexibility index (Phi) is 9.45. The molecule has 1 atom stereocenters. The summed E-state index contributed by atoms with van der Waals surface area (Å²) in [6.07, 6.45) is 0.884. The minimum absolute atomic E-state index is 0.157. The van der Waals surface area contributed by atoms with Crippen molar-refractivity contribution in [3.63, 3.8) is 0 Å². The van der Waals surface area contributed by atoms with Gasteiger partial charge in [0.15, 0.2) is 5.17 Å². The van der Waals surface area contributed by atoms with Gasteiger partial charge in [-0.25, -0.2) is 0 Å². The number of nitrogens with zero attached hydrogens (tertiary/aromatic N) is 1. The molecule has 0 radical (unpaired) electrons. The van der Waals surface area contributed by atoms with Crippen LogP contribution >= 0.6 is 50.3 Å². The van der Waals surface area contributed by atoms with Gasteiger partial charge in [-0.05, 0) is 65.8 Å². The second kappa shape index (κ2) is 11.3. The molecule has 3 rings (SSSR count). The number of nitrogens with one attached hydrogen (secondary N) is 1. The lowest BCUT2D eigenvalue weighted by Gasteiger charge is -2.30. The Morgan fingerprint density at radius 1 is 1.31 bits per heavy atom. The number of carbonyl (C=O) groups excluding carboxylic acids is 1. The highest BCUT2D eigenvalue weighted by atomic mass is 127. The van der Waals surface area contributed by atoms with E-state index in [1.165, 1.54) is 0 Å². The zero-order valence-electron chi connectivity index (χ0n) is 16.7. The average Bonchev–Trinajstić information content (AvgIpc) is 2.70. The number of ether oxygens (including phenoxy) is 1. The summed E-state index contributed by atoms with van der Waals surface area (Å²) in [6, 6.07) is 13.2. The van der Waals surface area contributed by atoms with Gasteiger partial charge in [0.2, 0.25) is 0 Å². The number of rotatable bonds is 5. The Labute approximate surface area is 198 Å². The summed E-state index contributed by atoms with van der Waals surface area (Å²) in [5, 5.41) is 3.59. The van der Waals surface area contributed by atoms with Gasteiger partial charge in [-0.2, -0.15) is 0 Å². The molecule has 1 aliphatic heterocycles. The topological polar surface area (TPSA) is 76.7 Å². The fourth-order valence-corrected chi connectivity index (χ4v) is 4.26. The smallest absolute Gasteiger partial charge is 0.255 e. The molecule has 0 bridgehead atoms. The molecule has 0 saturated carbocycles.